The molecule has 8 heteroatoms. The van der Waals surface area contributed by atoms with Gasteiger partial charge in [-0.05, 0) is 18.1 Å². The summed E-state index contributed by atoms with van der Waals surface area (Å²) in [7, 11) is 1.56. The van der Waals surface area contributed by atoms with Gasteiger partial charge in [-0.2, -0.15) is 0 Å². The van der Waals surface area contributed by atoms with Crippen LogP contribution in [0.3, 0.4) is 0 Å². The number of nitrogen functional groups attached to an aromatic ring is 1. The summed E-state index contributed by atoms with van der Waals surface area (Å²) in [6.07, 6.45) is 2.33. The number of amides is 1. The Bertz CT molecular complexity index is 790. The molecule has 0 radical (unpaired) electrons. The number of ether oxygens (including phenoxy) is 1. The SMILES string of the molecule is CCc1ccccc1NC(=O)CN1CCN(c2ncnc(N)c2OC)CC1. The van der Waals surface area contributed by atoms with Crippen LogP contribution in [-0.4, -0.2) is 60.6 Å². The molecular weight excluding hydrogens is 344 g/mol. The lowest BCUT2D eigenvalue weighted by atomic mass is 10.1. The molecule has 1 aliphatic heterocycles. The van der Waals surface area contributed by atoms with Gasteiger partial charge in [0, 0.05) is 31.9 Å². The molecule has 0 aliphatic carbocycles. The van der Waals surface area contributed by atoms with Crippen LogP contribution in [0.25, 0.3) is 0 Å². The summed E-state index contributed by atoms with van der Waals surface area (Å²) in [5, 5.41) is 3.03. The van der Waals surface area contributed by atoms with Crippen molar-refractivity contribution in [2.75, 3.05) is 55.8 Å². The smallest absolute Gasteiger partial charge is 0.238 e. The monoisotopic (exact) mass is 370 g/mol. The molecule has 0 saturated carbocycles. The van der Waals surface area contributed by atoms with Crippen molar-refractivity contribution < 1.29 is 9.53 Å². The molecule has 144 valence electrons. The van der Waals surface area contributed by atoms with Gasteiger partial charge in [0.05, 0.1) is 13.7 Å². The third-order valence-corrected chi connectivity index (χ3v) is 4.73. The maximum atomic E-state index is 12.4. The molecule has 8 nitrogen and oxygen atoms in total. The van der Waals surface area contributed by atoms with Crippen LogP contribution in [0.1, 0.15) is 12.5 Å². The van der Waals surface area contributed by atoms with Crippen LogP contribution in [0.5, 0.6) is 5.75 Å². The third kappa shape index (κ3) is 4.46. The molecule has 1 saturated heterocycles. The molecule has 1 aromatic heterocycles. The van der Waals surface area contributed by atoms with Gasteiger partial charge in [0.2, 0.25) is 11.7 Å². The average molecular weight is 370 g/mol. The molecule has 2 heterocycles. The van der Waals surface area contributed by atoms with Crippen LogP contribution in [0.4, 0.5) is 17.3 Å². The zero-order valence-electron chi connectivity index (χ0n) is 15.8. The second kappa shape index (κ2) is 8.68. The van der Waals surface area contributed by atoms with Gasteiger partial charge >= 0.3 is 0 Å². The Morgan fingerprint density at radius 3 is 2.67 bits per heavy atom. The molecule has 1 aliphatic rings. The van der Waals surface area contributed by atoms with E-state index in [4.69, 9.17) is 10.5 Å². The summed E-state index contributed by atoms with van der Waals surface area (Å²) in [5.41, 5.74) is 7.90. The molecule has 1 amide bonds. The minimum absolute atomic E-state index is 0.00760. The van der Waals surface area contributed by atoms with E-state index in [1.54, 1.807) is 7.11 Å². The zero-order chi connectivity index (χ0) is 19.2. The van der Waals surface area contributed by atoms with E-state index in [0.717, 1.165) is 43.9 Å². The van der Waals surface area contributed by atoms with E-state index >= 15 is 0 Å². The first kappa shape index (κ1) is 18.9. The highest BCUT2D eigenvalue weighted by molar-refractivity contribution is 5.93. The molecule has 3 N–H and O–H groups in total. The average Bonchev–Trinajstić information content (AvgIpc) is 2.68. The fraction of sp³-hybridized carbons (Fsp3) is 0.421. The maximum absolute atomic E-state index is 12.4. The Hall–Kier alpha value is -2.87. The van der Waals surface area contributed by atoms with Gasteiger partial charge in [0.25, 0.3) is 0 Å². The number of carbonyl (C=O) groups excluding carboxylic acids is 1. The van der Waals surface area contributed by atoms with Crippen molar-refractivity contribution in [3.8, 4) is 5.75 Å². The van der Waals surface area contributed by atoms with Gasteiger partial charge in [-0.15, -0.1) is 0 Å². The van der Waals surface area contributed by atoms with E-state index in [9.17, 15) is 4.79 Å². The van der Waals surface area contributed by atoms with Crippen LogP contribution in [0, 0.1) is 0 Å². The number of aryl methyl sites for hydroxylation is 1. The highest BCUT2D eigenvalue weighted by Gasteiger charge is 2.23. The van der Waals surface area contributed by atoms with E-state index in [1.807, 2.05) is 24.3 Å². The van der Waals surface area contributed by atoms with Crippen molar-refractivity contribution in [2.24, 2.45) is 0 Å². The van der Waals surface area contributed by atoms with Gasteiger partial charge in [-0.3, -0.25) is 9.69 Å². The summed E-state index contributed by atoms with van der Waals surface area (Å²) in [6, 6.07) is 7.91. The van der Waals surface area contributed by atoms with E-state index < -0.39 is 0 Å². The number of para-hydroxylation sites is 1. The Labute approximate surface area is 159 Å². The van der Waals surface area contributed by atoms with E-state index in [-0.39, 0.29) is 5.91 Å². The molecule has 1 aromatic carbocycles. The summed E-state index contributed by atoms with van der Waals surface area (Å²) >= 11 is 0. The molecule has 0 atom stereocenters. The Morgan fingerprint density at radius 1 is 1.22 bits per heavy atom. The number of aromatic nitrogens is 2. The Morgan fingerprint density at radius 2 is 1.96 bits per heavy atom. The number of benzene rings is 1. The fourth-order valence-electron chi connectivity index (χ4n) is 3.26. The first-order valence-electron chi connectivity index (χ1n) is 9.12. The number of hydrogen-bond donors (Lipinski definition) is 2. The molecule has 3 rings (SSSR count). The number of piperazine rings is 1. The number of nitrogens with two attached hydrogens (primary N) is 1. The predicted molar refractivity (Wildman–Crippen MR) is 106 cm³/mol. The number of anilines is 3. The third-order valence-electron chi connectivity index (χ3n) is 4.73. The van der Waals surface area contributed by atoms with Gasteiger partial charge in [0.1, 0.15) is 6.33 Å². The van der Waals surface area contributed by atoms with Crippen LogP contribution in [-0.2, 0) is 11.2 Å². The van der Waals surface area contributed by atoms with E-state index in [0.29, 0.717) is 23.9 Å². The van der Waals surface area contributed by atoms with Gasteiger partial charge in [0.15, 0.2) is 11.6 Å². The van der Waals surface area contributed by atoms with Crippen molar-refractivity contribution >= 4 is 23.2 Å². The highest BCUT2D eigenvalue weighted by atomic mass is 16.5. The topological polar surface area (TPSA) is 96.6 Å². The van der Waals surface area contributed by atoms with Crippen LogP contribution in [0.15, 0.2) is 30.6 Å². The van der Waals surface area contributed by atoms with Crippen molar-refractivity contribution in [1.29, 1.82) is 0 Å². The Balaban J connectivity index is 1.55. The van der Waals surface area contributed by atoms with Crippen molar-refractivity contribution in [3.05, 3.63) is 36.2 Å². The molecular formula is C19H26N6O2. The Kier molecular flexibility index (Phi) is 6.08. The lowest BCUT2D eigenvalue weighted by molar-refractivity contribution is -0.117. The first-order chi connectivity index (χ1) is 13.1. The van der Waals surface area contributed by atoms with Gasteiger partial charge in [-0.25, -0.2) is 9.97 Å². The molecule has 0 unspecified atom stereocenters. The zero-order valence-corrected chi connectivity index (χ0v) is 15.8. The number of nitrogens with zero attached hydrogens (tertiary/aromatic N) is 4. The minimum Gasteiger partial charge on any atom is -0.490 e. The molecule has 0 bridgehead atoms. The van der Waals surface area contributed by atoms with Crippen LogP contribution < -0.4 is 20.7 Å². The van der Waals surface area contributed by atoms with Crippen molar-refractivity contribution in [2.45, 2.75) is 13.3 Å². The molecule has 1 fully saturated rings. The van der Waals surface area contributed by atoms with Gasteiger partial charge in [-0.1, -0.05) is 25.1 Å². The van der Waals surface area contributed by atoms with Crippen LogP contribution >= 0.6 is 0 Å². The predicted octanol–water partition coefficient (Wildman–Crippen LogP) is 1.39. The summed E-state index contributed by atoms with van der Waals surface area (Å²) in [5.74, 6) is 1.54. The van der Waals surface area contributed by atoms with Gasteiger partial charge < -0.3 is 20.7 Å². The lowest BCUT2D eigenvalue weighted by Crippen LogP contribution is -2.49. The number of carbonyl (C=O) groups is 1. The summed E-state index contributed by atoms with van der Waals surface area (Å²) in [4.78, 5) is 24.9. The lowest BCUT2D eigenvalue weighted by Gasteiger charge is -2.35. The summed E-state index contributed by atoms with van der Waals surface area (Å²) in [6.45, 7) is 5.45. The number of methoxy groups -OCH3 is 1. The maximum Gasteiger partial charge on any atom is 0.238 e. The molecule has 27 heavy (non-hydrogen) atoms. The highest BCUT2D eigenvalue weighted by Crippen LogP contribution is 2.30. The first-order valence-corrected chi connectivity index (χ1v) is 9.12. The summed E-state index contributed by atoms with van der Waals surface area (Å²) < 4.78 is 5.34. The number of nitrogens with one attached hydrogen (secondary N) is 1. The normalized spacial score (nSPS) is 14.8. The minimum atomic E-state index is 0.00760. The van der Waals surface area contributed by atoms with Crippen molar-refractivity contribution in [1.82, 2.24) is 14.9 Å². The number of rotatable bonds is 6. The van der Waals surface area contributed by atoms with Crippen molar-refractivity contribution in [3.63, 3.8) is 0 Å². The molecule has 2 aromatic rings. The number of hydrogen-bond acceptors (Lipinski definition) is 7. The van der Waals surface area contributed by atoms with E-state index in [1.165, 1.54) is 6.33 Å². The molecule has 0 spiro atoms. The van der Waals surface area contributed by atoms with E-state index in [2.05, 4.69) is 32.0 Å². The largest absolute Gasteiger partial charge is 0.490 e. The second-order valence-corrected chi connectivity index (χ2v) is 6.44. The van der Waals surface area contributed by atoms with Crippen LogP contribution in [0.2, 0.25) is 0 Å². The fourth-order valence-corrected chi connectivity index (χ4v) is 3.26. The second-order valence-electron chi connectivity index (χ2n) is 6.44. The standard InChI is InChI=1S/C19H26N6O2/c1-3-14-6-4-5-7-15(14)23-16(26)12-24-8-10-25(11-9-24)19-17(27-2)18(20)21-13-22-19/h4-7,13H,3,8-12H2,1-2H3,(H,23,26)(H2,20,21,22). The quantitative estimate of drug-likeness (QED) is 0.793.